The minimum absolute atomic E-state index is 0.122. The number of rotatable bonds is 6. The highest BCUT2D eigenvalue weighted by molar-refractivity contribution is 5.91. The summed E-state index contributed by atoms with van der Waals surface area (Å²) in [6, 6.07) is 10.2. The first kappa shape index (κ1) is 23.4. The Morgan fingerprint density at radius 2 is 1.70 bits per heavy atom. The summed E-state index contributed by atoms with van der Waals surface area (Å²) < 4.78 is 35.3. The molecule has 2 aromatic carbocycles. The molecule has 0 bridgehead atoms. The van der Waals surface area contributed by atoms with Gasteiger partial charge in [0.05, 0.1) is 17.2 Å². The van der Waals surface area contributed by atoms with E-state index in [-0.39, 0.29) is 22.8 Å². The fourth-order valence-electron chi connectivity index (χ4n) is 5.86. The smallest absolute Gasteiger partial charge is 0.343 e. The van der Waals surface area contributed by atoms with E-state index in [4.69, 9.17) is 10.00 Å². The number of nitrogens with zero attached hydrogens (tertiary/aromatic N) is 1. The maximum absolute atomic E-state index is 15.0. The fourth-order valence-corrected chi connectivity index (χ4v) is 5.86. The summed E-state index contributed by atoms with van der Waals surface area (Å²) in [6.07, 6.45) is 10.2. The molecule has 0 spiro atoms. The lowest BCUT2D eigenvalue weighted by molar-refractivity contribution is 0.0733. The quantitative estimate of drug-likeness (QED) is 0.337. The summed E-state index contributed by atoms with van der Waals surface area (Å²) in [5.41, 5.74) is 0.403. The van der Waals surface area contributed by atoms with Crippen molar-refractivity contribution in [2.45, 2.75) is 70.6 Å². The zero-order valence-corrected chi connectivity index (χ0v) is 19.2. The van der Waals surface area contributed by atoms with E-state index in [1.165, 1.54) is 56.4 Å². The van der Waals surface area contributed by atoms with E-state index in [2.05, 4.69) is 6.92 Å². The molecule has 0 saturated heterocycles. The third-order valence-corrected chi connectivity index (χ3v) is 7.60. The van der Waals surface area contributed by atoms with Crippen LogP contribution in [0, 0.1) is 40.7 Å². The van der Waals surface area contributed by atoms with Crippen LogP contribution in [-0.4, -0.2) is 5.97 Å². The monoisotopic (exact) mass is 451 g/mol. The van der Waals surface area contributed by atoms with Crippen molar-refractivity contribution in [3.05, 3.63) is 64.7 Å². The van der Waals surface area contributed by atoms with Gasteiger partial charge in [-0.2, -0.15) is 5.26 Å². The number of carbonyl (C=O) groups excluding carboxylic acids is 1. The van der Waals surface area contributed by atoms with Crippen LogP contribution in [0.15, 0.2) is 36.4 Å². The Balaban J connectivity index is 1.42. The number of halogens is 2. The van der Waals surface area contributed by atoms with Crippen molar-refractivity contribution in [1.29, 1.82) is 5.26 Å². The van der Waals surface area contributed by atoms with Gasteiger partial charge in [-0.25, -0.2) is 13.6 Å². The summed E-state index contributed by atoms with van der Waals surface area (Å²) in [5.74, 6) is -0.0237. The van der Waals surface area contributed by atoms with Crippen LogP contribution in [0.5, 0.6) is 5.75 Å². The minimum Gasteiger partial charge on any atom is -0.423 e. The Morgan fingerprint density at radius 3 is 2.36 bits per heavy atom. The predicted molar refractivity (Wildman–Crippen MR) is 123 cm³/mol. The SMILES string of the molecule is CCCCC1CCC2CC(c3c(F)cc(C(=O)Oc4ccc(C#N)cc4)cc3F)CCC2C1. The van der Waals surface area contributed by atoms with Crippen molar-refractivity contribution in [3.63, 3.8) is 0 Å². The van der Waals surface area contributed by atoms with Crippen molar-refractivity contribution < 1.29 is 18.3 Å². The highest BCUT2D eigenvalue weighted by Crippen LogP contribution is 2.49. The molecule has 0 radical (unpaired) electrons. The lowest BCUT2D eigenvalue weighted by atomic mass is 9.63. The third kappa shape index (κ3) is 5.43. The third-order valence-electron chi connectivity index (χ3n) is 7.60. The Morgan fingerprint density at radius 1 is 1.03 bits per heavy atom. The van der Waals surface area contributed by atoms with E-state index >= 15 is 8.78 Å². The molecule has 0 amide bonds. The molecule has 2 fully saturated rings. The standard InChI is InChI=1S/C28H31F2NO2/c1-2-3-4-18-5-8-21-14-22(10-9-20(21)13-18)27-25(29)15-23(16-26(27)30)28(32)33-24-11-6-19(17-31)7-12-24/h6-7,11-12,15-16,18,20-22H,2-5,8-10,13-14H2,1H3. The van der Waals surface area contributed by atoms with E-state index in [1.807, 2.05) is 6.07 Å². The first-order valence-corrected chi connectivity index (χ1v) is 12.2. The van der Waals surface area contributed by atoms with E-state index in [0.717, 1.165) is 43.7 Å². The summed E-state index contributed by atoms with van der Waals surface area (Å²) in [5, 5.41) is 8.85. The molecule has 0 N–H and O–H groups in total. The summed E-state index contributed by atoms with van der Waals surface area (Å²) in [6.45, 7) is 2.23. The van der Waals surface area contributed by atoms with Crippen molar-refractivity contribution in [2.75, 3.05) is 0 Å². The van der Waals surface area contributed by atoms with Crippen LogP contribution in [0.2, 0.25) is 0 Å². The number of ether oxygens (including phenoxy) is 1. The number of esters is 1. The van der Waals surface area contributed by atoms with Gasteiger partial charge in [0.15, 0.2) is 0 Å². The molecule has 2 aliphatic rings. The average Bonchev–Trinajstić information content (AvgIpc) is 2.82. The maximum Gasteiger partial charge on any atom is 0.343 e. The summed E-state index contributed by atoms with van der Waals surface area (Å²) in [7, 11) is 0. The van der Waals surface area contributed by atoms with Crippen molar-refractivity contribution in [1.82, 2.24) is 0 Å². The predicted octanol–water partition coefficient (Wildman–Crippen LogP) is 7.55. The van der Waals surface area contributed by atoms with Gasteiger partial charge in [0, 0.05) is 5.56 Å². The second kappa shape index (κ2) is 10.5. The van der Waals surface area contributed by atoms with Crippen molar-refractivity contribution in [3.8, 4) is 11.8 Å². The van der Waals surface area contributed by atoms with Gasteiger partial charge in [-0.05, 0) is 92.2 Å². The number of unbranched alkanes of at least 4 members (excludes halogenated alkanes) is 1. The van der Waals surface area contributed by atoms with E-state index in [9.17, 15) is 4.79 Å². The molecule has 2 saturated carbocycles. The molecule has 0 aromatic heterocycles. The second-order valence-electron chi connectivity index (χ2n) is 9.73. The molecular formula is C28H31F2NO2. The van der Waals surface area contributed by atoms with Crippen LogP contribution in [0.25, 0.3) is 0 Å². The van der Waals surface area contributed by atoms with Gasteiger partial charge >= 0.3 is 5.97 Å². The Hall–Kier alpha value is -2.74. The van der Waals surface area contributed by atoms with Crippen LogP contribution in [0.4, 0.5) is 8.78 Å². The Bertz CT molecular complexity index is 1000. The molecule has 4 atom stereocenters. The van der Waals surface area contributed by atoms with Gasteiger partial charge in [-0.3, -0.25) is 0 Å². The summed E-state index contributed by atoms with van der Waals surface area (Å²) >= 11 is 0. The van der Waals surface area contributed by atoms with Gasteiger partial charge in [0.25, 0.3) is 0 Å². The largest absolute Gasteiger partial charge is 0.423 e. The molecular weight excluding hydrogens is 420 g/mol. The van der Waals surface area contributed by atoms with Gasteiger partial charge < -0.3 is 4.74 Å². The first-order chi connectivity index (χ1) is 16.0. The lowest BCUT2D eigenvalue weighted by Gasteiger charge is -2.42. The van der Waals surface area contributed by atoms with Crippen LogP contribution in [0.3, 0.4) is 0 Å². The average molecular weight is 452 g/mol. The molecule has 2 aromatic rings. The maximum atomic E-state index is 15.0. The number of carbonyl (C=O) groups is 1. The molecule has 0 heterocycles. The molecule has 4 rings (SSSR count). The van der Waals surface area contributed by atoms with Gasteiger partial charge in [-0.1, -0.05) is 32.6 Å². The number of fused-ring (bicyclic) bond motifs is 1. The second-order valence-corrected chi connectivity index (χ2v) is 9.73. The molecule has 0 aliphatic heterocycles. The number of benzene rings is 2. The molecule has 3 nitrogen and oxygen atoms in total. The van der Waals surface area contributed by atoms with Crippen LogP contribution in [0.1, 0.15) is 92.1 Å². The number of nitriles is 1. The zero-order chi connectivity index (χ0) is 23.4. The molecule has 33 heavy (non-hydrogen) atoms. The van der Waals surface area contributed by atoms with Gasteiger partial charge in [-0.15, -0.1) is 0 Å². The molecule has 4 unspecified atom stereocenters. The molecule has 2 aliphatic carbocycles. The first-order valence-electron chi connectivity index (χ1n) is 12.2. The Labute approximate surface area is 194 Å². The molecule has 5 heteroatoms. The lowest BCUT2D eigenvalue weighted by Crippen LogP contribution is -2.31. The molecule has 174 valence electrons. The highest BCUT2D eigenvalue weighted by atomic mass is 19.1. The minimum atomic E-state index is -0.821. The van der Waals surface area contributed by atoms with Crippen molar-refractivity contribution >= 4 is 5.97 Å². The number of hydrogen-bond acceptors (Lipinski definition) is 3. The van der Waals surface area contributed by atoms with E-state index in [0.29, 0.717) is 17.4 Å². The van der Waals surface area contributed by atoms with E-state index in [1.54, 1.807) is 0 Å². The fraction of sp³-hybridized carbons (Fsp3) is 0.500. The Kier molecular flexibility index (Phi) is 7.42. The normalized spacial score (nSPS) is 24.5. The van der Waals surface area contributed by atoms with Crippen molar-refractivity contribution in [2.24, 2.45) is 17.8 Å². The van der Waals surface area contributed by atoms with Gasteiger partial charge in [0.2, 0.25) is 0 Å². The van der Waals surface area contributed by atoms with Crippen LogP contribution < -0.4 is 4.74 Å². The van der Waals surface area contributed by atoms with Gasteiger partial charge in [0.1, 0.15) is 17.4 Å². The topological polar surface area (TPSA) is 50.1 Å². The zero-order valence-electron chi connectivity index (χ0n) is 19.2. The summed E-state index contributed by atoms with van der Waals surface area (Å²) in [4.78, 5) is 12.4. The van der Waals surface area contributed by atoms with Crippen LogP contribution in [-0.2, 0) is 0 Å². The highest BCUT2D eigenvalue weighted by Gasteiger charge is 2.37. The van der Waals surface area contributed by atoms with Crippen LogP contribution >= 0.6 is 0 Å². The number of hydrogen-bond donors (Lipinski definition) is 0. The van der Waals surface area contributed by atoms with E-state index < -0.39 is 17.6 Å².